The third-order valence-electron chi connectivity index (χ3n) is 2.68. The highest BCUT2D eigenvalue weighted by Crippen LogP contribution is 2.23. The molecule has 0 aromatic rings. The molecule has 0 bridgehead atoms. The summed E-state index contributed by atoms with van der Waals surface area (Å²) in [6.45, 7) is 5.14. The molecule has 7 heteroatoms. The number of rotatable bonds is 3. The van der Waals surface area contributed by atoms with E-state index in [1.165, 1.54) is 6.92 Å². The molecule has 0 amide bonds. The first-order chi connectivity index (χ1) is 9.03. The molecule has 1 aliphatic heterocycles. The van der Waals surface area contributed by atoms with Gasteiger partial charge in [-0.25, -0.2) is 4.39 Å². The van der Waals surface area contributed by atoms with Crippen molar-refractivity contribution >= 4 is 17.3 Å². The lowest BCUT2D eigenvalue weighted by Gasteiger charge is -2.33. The number of hydrogen-bond donors (Lipinski definition) is 2. The van der Waals surface area contributed by atoms with E-state index in [0.717, 1.165) is 0 Å². The Kier molecular flexibility index (Phi) is 8.50. The second kappa shape index (κ2) is 8.71. The smallest absolute Gasteiger partial charge is 0.165 e. The normalized spacial score (nSPS) is 24.4. The van der Waals surface area contributed by atoms with Crippen molar-refractivity contribution in [1.82, 2.24) is 4.90 Å². The van der Waals surface area contributed by atoms with E-state index >= 15 is 0 Å². The van der Waals surface area contributed by atoms with Crippen LogP contribution in [0.4, 0.5) is 4.39 Å². The van der Waals surface area contributed by atoms with Crippen molar-refractivity contribution in [2.45, 2.75) is 57.8 Å². The minimum atomic E-state index is -1.15. The Morgan fingerprint density at radius 2 is 2.05 bits per heavy atom. The highest BCUT2D eigenvalue weighted by atomic mass is 32.1. The van der Waals surface area contributed by atoms with Crippen molar-refractivity contribution in [3.63, 3.8) is 0 Å². The summed E-state index contributed by atoms with van der Waals surface area (Å²) in [4.78, 5) is 1.68. The van der Waals surface area contributed by atoms with Crippen molar-refractivity contribution in [2.24, 2.45) is 5.73 Å². The minimum Gasteiger partial charge on any atom is -0.376 e. The summed E-state index contributed by atoms with van der Waals surface area (Å²) in [5.74, 6) is -1.15. The molecule has 20 heavy (non-hydrogen) atoms. The number of halogens is 1. The number of thiocarbonyl (C=S) groups is 1. The molecule has 0 aromatic carbocycles. The molecule has 0 saturated carbocycles. The van der Waals surface area contributed by atoms with Gasteiger partial charge in [0.2, 0.25) is 0 Å². The van der Waals surface area contributed by atoms with Crippen LogP contribution in [0.3, 0.4) is 0 Å². The average Bonchev–Trinajstić information content (AvgIpc) is 2.27. The Morgan fingerprint density at radius 3 is 2.40 bits per heavy atom. The van der Waals surface area contributed by atoms with Crippen molar-refractivity contribution in [2.75, 3.05) is 20.7 Å². The average molecular weight is 310 g/mol. The quantitative estimate of drug-likeness (QED) is 0.607. The zero-order valence-electron chi connectivity index (χ0n) is 12.9. The van der Waals surface area contributed by atoms with Crippen LogP contribution in [0.2, 0.25) is 0 Å². The van der Waals surface area contributed by atoms with Crippen LogP contribution in [-0.4, -0.2) is 60.0 Å². The maximum Gasteiger partial charge on any atom is 0.165 e. The summed E-state index contributed by atoms with van der Waals surface area (Å²) < 4.78 is 23.6. The lowest BCUT2D eigenvalue weighted by atomic mass is 10.0. The fraction of sp³-hybridized carbons (Fsp3) is 0.923. The Balaban J connectivity index is 0.000000511. The summed E-state index contributed by atoms with van der Waals surface area (Å²) >= 11 is 4.52. The fourth-order valence-corrected chi connectivity index (χ4v) is 1.63. The number of hydrogen-bond acceptors (Lipinski definition) is 4. The predicted molar refractivity (Wildman–Crippen MR) is 81.2 cm³/mol. The second-order valence-corrected chi connectivity index (χ2v) is 5.95. The standard InChI is InChI=1S/C10H19FO3.C3H8N2S/c1-7(11)9-6-8(4-5-13-9)14-10(2,3)12;1-5(2)3(4)6/h7-9,12H,4-6H2,1-3H3;1-2H3,(H2,4,6)/t7?,8-,9?;/m1./s1. The van der Waals surface area contributed by atoms with Crippen LogP contribution in [0.5, 0.6) is 0 Å². The van der Waals surface area contributed by atoms with Gasteiger partial charge in [0, 0.05) is 27.1 Å². The Bertz CT molecular complexity index is 296. The van der Waals surface area contributed by atoms with Gasteiger partial charge in [-0.1, -0.05) is 0 Å². The van der Waals surface area contributed by atoms with Gasteiger partial charge in [-0.15, -0.1) is 0 Å². The van der Waals surface area contributed by atoms with Crippen molar-refractivity contribution in [1.29, 1.82) is 0 Å². The van der Waals surface area contributed by atoms with Crippen molar-refractivity contribution in [3.05, 3.63) is 0 Å². The highest BCUT2D eigenvalue weighted by Gasteiger charge is 2.30. The van der Waals surface area contributed by atoms with Crippen LogP contribution < -0.4 is 5.73 Å². The summed E-state index contributed by atoms with van der Waals surface area (Å²) in [7, 11) is 3.62. The van der Waals surface area contributed by atoms with Crippen LogP contribution >= 0.6 is 12.2 Å². The third-order valence-corrected chi connectivity index (χ3v) is 3.04. The van der Waals surface area contributed by atoms with E-state index in [0.29, 0.717) is 24.6 Å². The van der Waals surface area contributed by atoms with E-state index < -0.39 is 18.1 Å². The third kappa shape index (κ3) is 9.41. The molecular formula is C13H27FN2O3S. The molecule has 1 saturated heterocycles. The summed E-state index contributed by atoms with van der Waals surface area (Å²) in [6.07, 6.45) is -0.249. The number of ether oxygens (including phenoxy) is 2. The minimum absolute atomic E-state index is 0.105. The largest absolute Gasteiger partial charge is 0.376 e. The van der Waals surface area contributed by atoms with Gasteiger partial charge >= 0.3 is 0 Å². The van der Waals surface area contributed by atoms with E-state index in [-0.39, 0.29) is 6.10 Å². The molecule has 1 aliphatic rings. The summed E-state index contributed by atoms with van der Waals surface area (Å²) in [5.41, 5.74) is 5.09. The van der Waals surface area contributed by atoms with Crippen LogP contribution in [0.1, 0.15) is 33.6 Å². The maximum absolute atomic E-state index is 13.0. The predicted octanol–water partition coefficient (Wildman–Crippen LogP) is 1.43. The Hall–Kier alpha value is -0.500. The van der Waals surface area contributed by atoms with Gasteiger partial charge in [0.1, 0.15) is 6.17 Å². The topological polar surface area (TPSA) is 68.0 Å². The first-order valence-electron chi connectivity index (χ1n) is 6.65. The van der Waals surface area contributed by atoms with Gasteiger partial charge in [-0.2, -0.15) is 0 Å². The van der Waals surface area contributed by atoms with Gasteiger partial charge < -0.3 is 25.2 Å². The van der Waals surface area contributed by atoms with E-state index in [9.17, 15) is 9.50 Å². The molecule has 0 aliphatic carbocycles. The van der Waals surface area contributed by atoms with E-state index in [1.807, 2.05) is 14.1 Å². The van der Waals surface area contributed by atoms with Crippen molar-refractivity contribution in [3.8, 4) is 0 Å². The number of nitrogens with zero attached hydrogens (tertiary/aromatic N) is 1. The Labute approximate surface area is 126 Å². The van der Waals surface area contributed by atoms with Gasteiger partial charge in [0.25, 0.3) is 0 Å². The van der Waals surface area contributed by atoms with E-state index in [2.05, 4.69) is 12.2 Å². The monoisotopic (exact) mass is 310 g/mol. The number of aliphatic hydroxyl groups is 1. The lowest BCUT2D eigenvalue weighted by molar-refractivity contribution is -0.227. The molecular weight excluding hydrogens is 283 g/mol. The van der Waals surface area contributed by atoms with Crippen molar-refractivity contribution < 1.29 is 19.0 Å². The summed E-state index contributed by atoms with van der Waals surface area (Å²) in [6, 6.07) is 0. The molecule has 120 valence electrons. The lowest BCUT2D eigenvalue weighted by Crippen LogP contribution is -2.40. The SMILES string of the molecule is CC(F)C1C[C@H](OC(C)(C)O)CCO1.CN(C)C(N)=S. The molecule has 0 radical (unpaired) electrons. The summed E-state index contributed by atoms with van der Waals surface area (Å²) in [5, 5.41) is 9.86. The fourth-order valence-electron chi connectivity index (χ4n) is 1.63. The highest BCUT2D eigenvalue weighted by molar-refractivity contribution is 7.80. The van der Waals surface area contributed by atoms with Crippen LogP contribution in [-0.2, 0) is 9.47 Å². The van der Waals surface area contributed by atoms with Crippen LogP contribution in [0.15, 0.2) is 0 Å². The molecule has 3 N–H and O–H groups in total. The maximum atomic E-state index is 13.0. The molecule has 0 spiro atoms. The zero-order chi connectivity index (χ0) is 15.9. The molecule has 3 atom stereocenters. The van der Waals surface area contributed by atoms with Crippen LogP contribution in [0, 0.1) is 0 Å². The van der Waals surface area contributed by atoms with Gasteiger partial charge in [0.15, 0.2) is 10.9 Å². The van der Waals surface area contributed by atoms with Gasteiger partial charge in [-0.05, 0) is 39.4 Å². The van der Waals surface area contributed by atoms with E-state index in [4.69, 9.17) is 15.2 Å². The zero-order valence-corrected chi connectivity index (χ0v) is 13.7. The van der Waals surface area contributed by atoms with Crippen LogP contribution in [0.25, 0.3) is 0 Å². The number of alkyl halides is 1. The number of nitrogens with two attached hydrogens (primary N) is 1. The molecule has 2 unspecified atom stereocenters. The first-order valence-corrected chi connectivity index (χ1v) is 7.06. The first kappa shape index (κ1) is 19.5. The second-order valence-electron chi connectivity index (χ2n) is 5.53. The Morgan fingerprint density at radius 1 is 1.55 bits per heavy atom. The van der Waals surface area contributed by atoms with Gasteiger partial charge in [0.05, 0.1) is 12.2 Å². The van der Waals surface area contributed by atoms with Gasteiger partial charge in [-0.3, -0.25) is 0 Å². The molecule has 1 rings (SSSR count). The molecule has 1 fully saturated rings. The molecule has 1 heterocycles. The molecule has 0 aromatic heterocycles. The van der Waals surface area contributed by atoms with E-state index in [1.54, 1.807) is 18.7 Å². The molecule has 5 nitrogen and oxygen atoms in total.